The van der Waals surface area contributed by atoms with E-state index in [0.717, 1.165) is 27.0 Å². The molecule has 4 rings (SSSR count). The molecular formula is C30H34BrNO6. The molecule has 2 aromatic carbocycles. The number of esters is 1. The maximum absolute atomic E-state index is 13.8. The highest BCUT2D eigenvalue weighted by Gasteiger charge is 2.42. The smallest absolute Gasteiger partial charge is 0.336 e. The highest BCUT2D eigenvalue weighted by molar-refractivity contribution is 9.10. The molecule has 0 fully saturated rings. The summed E-state index contributed by atoms with van der Waals surface area (Å²) in [5.74, 6) is 0.346. The molecule has 1 aliphatic carbocycles. The zero-order valence-electron chi connectivity index (χ0n) is 22.4. The van der Waals surface area contributed by atoms with Crippen molar-refractivity contribution in [2.75, 3.05) is 27.4 Å². The summed E-state index contributed by atoms with van der Waals surface area (Å²) in [7, 11) is 3.24. The fourth-order valence-corrected chi connectivity index (χ4v) is 5.78. The molecular weight excluding hydrogens is 550 g/mol. The molecule has 1 N–H and O–H groups in total. The summed E-state index contributed by atoms with van der Waals surface area (Å²) in [6, 6.07) is 13.4. The molecule has 0 radical (unpaired) electrons. The Bertz CT molecular complexity index is 1280. The largest absolute Gasteiger partial charge is 0.496 e. The van der Waals surface area contributed by atoms with Gasteiger partial charge in [0.05, 0.1) is 37.0 Å². The van der Waals surface area contributed by atoms with Crippen LogP contribution in [-0.4, -0.2) is 45.3 Å². The van der Waals surface area contributed by atoms with Gasteiger partial charge in [0, 0.05) is 35.2 Å². The van der Waals surface area contributed by atoms with Gasteiger partial charge in [-0.15, -0.1) is 0 Å². The first-order valence-electron chi connectivity index (χ1n) is 12.7. The second kappa shape index (κ2) is 12.2. The van der Waals surface area contributed by atoms with Gasteiger partial charge >= 0.3 is 5.97 Å². The fourth-order valence-electron chi connectivity index (χ4n) is 5.22. The molecule has 0 bridgehead atoms. The van der Waals surface area contributed by atoms with Crippen molar-refractivity contribution in [3.05, 3.63) is 80.6 Å². The van der Waals surface area contributed by atoms with Crippen LogP contribution in [-0.2, 0) is 19.1 Å². The molecule has 202 valence electrons. The Balaban J connectivity index is 1.73. The van der Waals surface area contributed by atoms with E-state index in [1.807, 2.05) is 63.2 Å². The Morgan fingerprint density at radius 3 is 2.47 bits per heavy atom. The standard InChI is InChI=1S/C30H34BrNO6/c1-17(2)37-12-13-38-30(34)27-18(3)32-23-15-20(21-8-6-7-9-25(21)35-4)16-24(33)29(23)28(27)19-10-11-26(36-5)22(31)14-19/h6-11,14,17,20,28,32H,12-13,15-16H2,1-5H3/t20-,28-/m0/s1. The molecule has 8 heteroatoms. The molecule has 0 unspecified atom stereocenters. The Kier molecular flexibility index (Phi) is 8.95. The van der Waals surface area contributed by atoms with E-state index >= 15 is 0 Å². The normalized spacial score (nSPS) is 19.3. The highest BCUT2D eigenvalue weighted by atomic mass is 79.9. The molecule has 38 heavy (non-hydrogen) atoms. The van der Waals surface area contributed by atoms with Gasteiger partial charge in [-0.25, -0.2) is 4.79 Å². The molecule has 7 nitrogen and oxygen atoms in total. The molecule has 0 amide bonds. The Morgan fingerprint density at radius 1 is 1.05 bits per heavy atom. The lowest BCUT2D eigenvalue weighted by molar-refractivity contribution is -0.141. The van der Waals surface area contributed by atoms with E-state index in [1.54, 1.807) is 14.2 Å². The molecule has 1 aliphatic heterocycles. The second-order valence-electron chi connectivity index (χ2n) is 9.71. The number of benzene rings is 2. The highest BCUT2D eigenvalue weighted by Crippen LogP contribution is 2.47. The van der Waals surface area contributed by atoms with Crippen LogP contribution in [0.3, 0.4) is 0 Å². The number of carbonyl (C=O) groups is 2. The quantitative estimate of drug-likeness (QED) is 0.295. The minimum absolute atomic E-state index is 0.00691. The van der Waals surface area contributed by atoms with Gasteiger partial charge in [-0.2, -0.15) is 0 Å². The van der Waals surface area contributed by atoms with Gasteiger partial charge in [-0.05, 0) is 72.4 Å². The number of carbonyl (C=O) groups excluding carboxylic acids is 2. The van der Waals surface area contributed by atoms with Gasteiger partial charge in [0.2, 0.25) is 0 Å². The second-order valence-corrected chi connectivity index (χ2v) is 10.6. The number of Topliss-reactive ketones (excluding diaryl/α,β-unsaturated/α-hetero) is 1. The van der Waals surface area contributed by atoms with Crippen LogP contribution in [0.15, 0.2) is 69.5 Å². The van der Waals surface area contributed by atoms with Crippen LogP contribution in [0.2, 0.25) is 0 Å². The summed E-state index contributed by atoms with van der Waals surface area (Å²) in [5, 5.41) is 3.39. The lowest BCUT2D eigenvalue weighted by atomic mass is 9.71. The first-order valence-corrected chi connectivity index (χ1v) is 13.5. The molecule has 2 atom stereocenters. The van der Waals surface area contributed by atoms with Gasteiger partial charge in [0.25, 0.3) is 0 Å². The summed E-state index contributed by atoms with van der Waals surface area (Å²) < 4.78 is 22.9. The van der Waals surface area contributed by atoms with Crippen molar-refractivity contribution in [3.63, 3.8) is 0 Å². The molecule has 0 saturated heterocycles. The predicted molar refractivity (Wildman–Crippen MR) is 148 cm³/mol. The number of ether oxygens (including phenoxy) is 4. The number of rotatable bonds is 9. The van der Waals surface area contributed by atoms with Crippen LogP contribution in [0.25, 0.3) is 0 Å². The number of hydrogen-bond acceptors (Lipinski definition) is 7. The molecule has 0 spiro atoms. The number of methoxy groups -OCH3 is 2. The van der Waals surface area contributed by atoms with Gasteiger partial charge in [-0.3, -0.25) is 4.79 Å². The van der Waals surface area contributed by atoms with Crippen LogP contribution in [0.5, 0.6) is 11.5 Å². The Labute approximate surface area is 232 Å². The van der Waals surface area contributed by atoms with Crippen LogP contribution in [0.4, 0.5) is 0 Å². The monoisotopic (exact) mass is 583 g/mol. The SMILES string of the molecule is COc1ccc([C@H]2C(C(=O)OCCOC(C)C)=C(C)NC3=C2C(=O)C[C@@H](c2ccccc2OC)C3)cc1Br. The molecule has 0 aromatic heterocycles. The minimum atomic E-state index is -0.571. The molecule has 0 saturated carbocycles. The number of para-hydroxylation sites is 1. The maximum atomic E-state index is 13.8. The van der Waals surface area contributed by atoms with E-state index in [2.05, 4.69) is 21.2 Å². The summed E-state index contributed by atoms with van der Waals surface area (Å²) >= 11 is 3.57. The van der Waals surface area contributed by atoms with Crippen molar-refractivity contribution in [3.8, 4) is 11.5 Å². The zero-order valence-corrected chi connectivity index (χ0v) is 24.0. The number of allylic oxidation sites excluding steroid dienone is 3. The number of ketones is 1. The summed E-state index contributed by atoms with van der Waals surface area (Å²) in [6.45, 7) is 6.14. The summed E-state index contributed by atoms with van der Waals surface area (Å²) in [4.78, 5) is 27.3. The third kappa shape index (κ3) is 5.81. The Morgan fingerprint density at radius 2 is 1.79 bits per heavy atom. The van der Waals surface area contributed by atoms with Gasteiger partial charge in [0.15, 0.2) is 5.78 Å². The van der Waals surface area contributed by atoms with Crippen molar-refractivity contribution < 1.29 is 28.5 Å². The number of dihydropyridines is 1. The first-order chi connectivity index (χ1) is 18.2. The average molecular weight is 585 g/mol. The first kappa shape index (κ1) is 27.9. The van der Waals surface area contributed by atoms with Crippen LogP contribution >= 0.6 is 15.9 Å². The molecule has 2 aromatic rings. The number of nitrogens with one attached hydrogen (secondary N) is 1. The number of halogens is 1. The lowest BCUT2D eigenvalue weighted by Gasteiger charge is -2.37. The van der Waals surface area contributed by atoms with Crippen molar-refractivity contribution in [1.29, 1.82) is 0 Å². The van der Waals surface area contributed by atoms with Gasteiger partial charge < -0.3 is 24.3 Å². The third-order valence-electron chi connectivity index (χ3n) is 6.90. The third-order valence-corrected chi connectivity index (χ3v) is 7.52. The van der Waals surface area contributed by atoms with E-state index < -0.39 is 11.9 Å². The minimum Gasteiger partial charge on any atom is -0.496 e. The molecule has 1 heterocycles. The summed E-state index contributed by atoms with van der Waals surface area (Å²) in [5.41, 5.74) is 4.33. The van der Waals surface area contributed by atoms with Crippen LogP contribution in [0, 0.1) is 0 Å². The maximum Gasteiger partial charge on any atom is 0.336 e. The van der Waals surface area contributed by atoms with Crippen molar-refractivity contribution in [1.82, 2.24) is 5.32 Å². The van der Waals surface area contributed by atoms with E-state index in [9.17, 15) is 9.59 Å². The zero-order chi connectivity index (χ0) is 27.4. The van der Waals surface area contributed by atoms with Crippen molar-refractivity contribution >= 4 is 27.7 Å². The Hall–Kier alpha value is -3.10. The number of hydrogen-bond donors (Lipinski definition) is 1. The van der Waals surface area contributed by atoms with Gasteiger partial charge in [0.1, 0.15) is 18.1 Å². The van der Waals surface area contributed by atoms with E-state index in [0.29, 0.717) is 42.0 Å². The van der Waals surface area contributed by atoms with E-state index in [-0.39, 0.29) is 24.4 Å². The van der Waals surface area contributed by atoms with Crippen LogP contribution < -0.4 is 14.8 Å². The average Bonchev–Trinajstić information content (AvgIpc) is 2.89. The molecule has 2 aliphatic rings. The summed E-state index contributed by atoms with van der Waals surface area (Å²) in [6.07, 6.45) is 0.981. The van der Waals surface area contributed by atoms with E-state index in [1.165, 1.54) is 0 Å². The van der Waals surface area contributed by atoms with Crippen LogP contribution in [0.1, 0.15) is 56.6 Å². The topological polar surface area (TPSA) is 83.1 Å². The van der Waals surface area contributed by atoms with Crippen molar-refractivity contribution in [2.45, 2.75) is 51.6 Å². The van der Waals surface area contributed by atoms with Gasteiger partial charge in [-0.1, -0.05) is 24.3 Å². The fraction of sp³-hybridized carbons (Fsp3) is 0.400. The van der Waals surface area contributed by atoms with Crippen molar-refractivity contribution in [2.24, 2.45) is 0 Å². The van der Waals surface area contributed by atoms with E-state index in [4.69, 9.17) is 18.9 Å². The predicted octanol–water partition coefficient (Wildman–Crippen LogP) is 5.80. The lowest BCUT2D eigenvalue weighted by Crippen LogP contribution is -2.36.